The Hall–Kier alpha value is -2.86. The first-order valence-electron chi connectivity index (χ1n) is 8.92. The van der Waals surface area contributed by atoms with Gasteiger partial charge < -0.3 is 9.47 Å². The Bertz CT molecular complexity index is 952. The molecule has 0 radical (unpaired) electrons. The summed E-state index contributed by atoms with van der Waals surface area (Å²) in [6.07, 6.45) is 3.49. The number of hydrazone groups is 1. The number of halogens is 1. The van der Waals surface area contributed by atoms with Crippen molar-refractivity contribution in [3.8, 4) is 11.5 Å². The third-order valence-corrected chi connectivity index (χ3v) is 4.64. The van der Waals surface area contributed by atoms with E-state index in [1.54, 1.807) is 6.08 Å². The highest BCUT2D eigenvalue weighted by Crippen LogP contribution is 2.38. The number of carbonyl (C=O) groups excluding carboxylic acids is 1. The van der Waals surface area contributed by atoms with Crippen LogP contribution in [0.2, 0.25) is 0 Å². The summed E-state index contributed by atoms with van der Waals surface area (Å²) in [6, 6.07) is 13.1. The number of nitrogens with zero attached hydrogens (tertiary/aromatic N) is 2. The maximum atomic E-state index is 12.9. The predicted octanol–water partition coefficient (Wildman–Crippen LogP) is 5.22. The molecule has 0 N–H and O–H groups in total. The molecule has 6 heteroatoms. The van der Waals surface area contributed by atoms with E-state index in [9.17, 15) is 4.79 Å². The molecule has 0 bridgehead atoms. The van der Waals surface area contributed by atoms with Gasteiger partial charge in [0.15, 0.2) is 11.5 Å². The van der Waals surface area contributed by atoms with Crippen molar-refractivity contribution in [2.45, 2.75) is 13.8 Å². The minimum absolute atomic E-state index is 0.162. The lowest BCUT2D eigenvalue weighted by Gasteiger charge is -2.14. The number of para-hydroxylation sites is 1. The average Bonchev–Trinajstić information content (AvgIpc) is 2.96. The van der Waals surface area contributed by atoms with Crippen molar-refractivity contribution in [3.63, 3.8) is 0 Å². The first-order chi connectivity index (χ1) is 13.5. The van der Waals surface area contributed by atoms with Gasteiger partial charge in [-0.15, -0.1) is 0 Å². The number of carbonyl (C=O) groups is 1. The number of rotatable bonds is 7. The highest BCUT2D eigenvalue weighted by molar-refractivity contribution is 9.10. The van der Waals surface area contributed by atoms with E-state index in [-0.39, 0.29) is 5.91 Å². The molecule has 0 atom stereocenters. The molecule has 5 nitrogen and oxygen atoms in total. The fraction of sp³-hybridized carbons (Fsp3) is 0.182. The highest BCUT2D eigenvalue weighted by Gasteiger charge is 2.28. The lowest BCUT2D eigenvalue weighted by Crippen LogP contribution is -2.21. The van der Waals surface area contributed by atoms with Gasteiger partial charge in [-0.05, 0) is 65.7 Å². The van der Waals surface area contributed by atoms with Crippen LogP contribution in [0.1, 0.15) is 19.4 Å². The lowest BCUT2D eigenvalue weighted by molar-refractivity contribution is -0.114. The number of hydrogen-bond acceptors (Lipinski definition) is 4. The highest BCUT2D eigenvalue weighted by atomic mass is 79.9. The Kier molecular flexibility index (Phi) is 6.31. The third kappa shape index (κ3) is 4.17. The van der Waals surface area contributed by atoms with Crippen LogP contribution >= 0.6 is 15.9 Å². The van der Waals surface area contributed by atoms with E-state index >= 15 is 0 Å². The molecule has 0 saturated carbocycles. The zero-order valence-electron chi connectivity index (χ0n) is 15.8. The van der Waals surface area contributed by atoms with Crippen LogP contribution in [0.15, 0.2) is 70.3 Å². The summed E-state index contributed by atoms with van der Waals surface area (Å²) in [4.78, 5) is 12.9. The molecule has 1 aliphatic rings. The fourth-order valence-electron chi connectivity index (χ4n) is 2.81. The topological polar surface area (TPSA) is 51.1 Å². The molecule has 144 valence electrons. The van der Waals surface area contributed by atoms with Gasteiger partial charge in [0.05, 0.1) is 28.1 Å². The van der Waals surface area contributed by atoms with Crippen molar-refractivity contribution < 1.29 is 14.3 Å². The van der Waals surface area contributed by atoms with Crippen molar-refractivity contribution in [2.24, 2.45) is 5.10 Å². The second kappa shape index (κ2) is 8.89. The zero-order valence-corrected chi connectivity index (χ0v) is 17.4. The van der Waals surface area contributed by atoms with Crippen LogP contribution in [0.3, 0.4) is 0 Å². The maximum absolute atomic E-state index is 12.9. The molecule has 1 heterocycles. The molecule has 0 aromatic heterocycles. The van der Waals surface area contributed by atoms with Crippen LogP contribution in [-0.4, -0.2) is 24.8 Å². The summed E-state index contributed by atoms with van der Waals surface area (Å²) >= 11 is 3.53. The van der Waals surface area contributed by atoms with E-state index < -0.39 is 0 Å². The van der Waals surface area contributed by atoms with Gasteiger partial charge in [0, 0.05) is 0 Å². The molecule has 3 rings (SSSR count). The summed E-state index contributed by atoms with van der Waals surface area (Å²) in [5.41, 5.74) is 2.75. The smallest absolute Gasteiger partial charge is 0.280 e. The molecule has 1 aliphatic heterocycles. The summed E-state index contributed by atoms with van der Waals surface area (Å²) in [7, 11) is 0. The lowest BCUT2D eigenvalue weighted by atomic mass is 10.1. The van der Waals surface area contributed by atoms with Crippen LogP contribution in [0.25, 0.3) is 6.08 Å². The SMILES string of the molecule is C=CCOc1c(Br)cc(/C=C2\C(=O)N(c3ccccc3)N=C2C)cc1OCC. The van der Waals surface area contributed by atoms with Gasteiger partial charge in [-0.1, -0.05) is 30.9 Å². The molecule has 1 amide bonds. The Morgan fingerprint density at radius 2 is 1.96 bits per heavy atom. The van der Waals surface area contributed by atoms with Gasteiger partial charge in [-0.2, -0.15) is 10.1 Å². The van der Waals surface area contributed by atoms with Crippen molar-refractivity contribution >= 4 is 39.3 Å². The van der Waals surface area contributed by atoms with E-state index in [0.29, 0.717) is 36.0 Å². The minimum atomic E-state index is -0.162. The molecular formula is C22H21BrN2O3. The first-order valence-corrected chi connectivity index (χ1v) is 9.71. The van der Waals surface area contributed by atoms with Gasteiger partial charge >= 0.3 is 0 Å². The second-order valence-corrected chi connectivity index (χ2v) is 6.91. The third-order valence-electron chi connectivity index (χ3n) is 4.05. The Morgan fingerprint density at radius 3 is 2.64 bits per heavy atom. The molecule has 0 saturated heterocycles. The first kappa shape index (κ1) is 19.9. The summed E-state index contributed by atoms with van der Waals surface area (Å²) in [5.74, 6) is 1.05. The van der Waals surface area contributed by atoms with Gasteiger partial charge in [-0.3, -0.25) is 4.79 Å². The molecule has 0 spiro atoms. The number of ether oxygens (including phenoxy) is 2. The van der Waals surface area contributed by atoms with Gasteiger partial charge in [0.25, 0.3) is 5.91 Å². The minimum Gasteiger partial charge on any atom is -0.490 e. The van der Waals surface area contributed by atoms with Crippen LogP contribution in [0.4, 0.5) is 5.69 Å². The van der Waals surface area contributed by atoms with Crippen LogP contribution < -0.4 is 14.5 Å². The molecule has 2 aromatic rings. The Labute approximate surface area is 173 Å². The maximum Gasteiger partial charge on any atom is 0.280 e. The molecule has 28 heavy (non-hydrogen) atoms. The number of amides is 1. The molecular weight excluding hydrogens is 420 g/mol. The van der Waals surface area contributed by atoms with E-state index in [2.05, 4.69) is 27.6 Å². The van der Waals surface area contributed by atoms with Gasteiger partial charge in [0.2, 0.25) is 0 Å². The number of benzene rings is 2. The monoisotopic (exact) mass is 440 g/mol. The fourth-order valence-corrected chi connectivity index (χ4v) is 3.39. The standard InChI is InChI=1S/C22H21BrN2O3/c1-4-11-28-21-19(23)13-16(14-20(21)27-5-2)12-18-15(3)24-25(22(18)26)17-9-7-6-8-10-17/h4,6-10,12-14H,1,5,11H2,2-3H3/b18-12-. The van der Waals surface area contributed by atoms with Crippen molar-refractivity contribution in [3.05, 3.63) is 70.7 Å². The summed E-state index contributed by atoms with van der Waals surface area (Å²) < 4.78 is 12.2. The second-order valence-electron chi connectivity index (χ2n) is 6.06. The van der Waals surface area contributed by atoms with E-state index in [0.717, 1.165) is 15.7 Å². The van der Waals surface area contributed by atoms with Gasteiger partial charge in [-0.25, -0.2) is 0 Å². The quantitative estimate of drug-likeness (QED) is 0.438. The summed E-state index contributed by atoms with van der Waals surface area (Å²) in [6.45, 7) is 8.27. The zero-order chi connectivity index (χ0) is 20.1. The van der Waals surface area contributed by atoms with Crippen molar-refractivity contribution in [1.82, 2.24) is 0 Å². The molecule has 0 aliphatic carbocycles. The Morgan fingerprint density at radius 1 is 1.21 bits per heavy atom. The molecule has 0 fully saturated rings. The van der Waals surface area contributed by atoms with E-state index in [1.165, 1.54) is 5.01 Å². The largest absolute Gasteiger partial charge is 0.490 e. The Balaban J connectivity index is 1.96. The number of anilines is 1. The van der Waals surface area contributed by atoms with Crippen molar-refractivity contribution in [2.75, 3.05) is 18.2 Å². The molecule has 0 unspecified atom stereocenters. The normalized spacial score (nSPS) is 15.0. The van der Waals surface area contributed by atoms with Crippen molar-refractivity contribution in [1.29, 1.82) is 0 Å². The van der Waals surface area contributed by atoms with E-state index in [4.69, 9.17) is 9.47 Å². The predicted molar refractivity (Wildman–Crippen MR) is 116 cm³/mol. The number of hydrogen-bond donors (Lipinski definition) is 0. The van der Waals surface area contributed by atoms with Gasteiger partial charge in [0.1, 0.15) is 6.61 Å². The van der Waals surface area contributed by atoms with Crippen LogP contribution in [0, 0.1) is 0 Å². The summed E-state index contributed by atoms with van der Waals surface area (Å²) in [5, 5.41) is 5.83. The average molecular weight is 441 g/mol. The van der Waals surface area contributed by atoms with E-state index in [1.807, 2.05) is 62.4 Å². The van der Waals surface area contributed by atoms with Crippen LogP contribution in [-0.2, 0) is 4.79 Å². The molecule has 2 aromatic carbocycles. The van der Waals surface area contributed by atoms with Crippen LogP contribution in [0.5, 0.6) is 11.5 Å².